The zero-order chi connectivity index (χ0) is 24.2. The van der Waals surface area contributed by atoms with Crippen molar-refractivity contribution in [1.82, 2.24) is 0 Å². The van der Waals surface area contributed by atoms with E-state index in [0.29, 0.717) is 6.04 Å². The number of rotatable bonds is 6. The highest BCUT2D eigenvalue weighted by Gasteiger charge is 2.22. The van der Waals surface area contributed by atoms with Gasteiger partial charge < -0.3 is 4.90 Å². The summed E-state index contributed by atoms with van der Waals surface area (Å²) in [5, 5.41) is 0. The second kappa shape index (κ2) is 10.7. The molecule has 1 aromatic heterocycles. The van der Waals surface area contributed by atoms with E-state index >= 15 is 0 Å². The predicted octanol–water partition coefficient (Wildman–Crippen LogP) is 8.65. The van der Waals surface area contributed by atoms with Gasteiger partial charge in [0.25, 0.3) is 0 Å². The van der Waals surface area contributed by atoms with Crippen LogP contribution >= 0.6 is 31.9 Å². The minimum atomic E-state index is 0.299. The molecule has 1 heterocycles. The van der Waals surface area contributed by atoms with Gasteiger partial charge in [-0.1, -0.05) is 56.1 Å². The Morgan fingerprint density at radius 2 is 1.24 bits per heavy atom. The number of halogens is 2. The van der Waals surface area contributed by atoms with Gasteiger partial charge in [0.05, 0.1) is 0 Å². The van der Waals surface area contributed by atoms with Crippen LogP contribution in [0, 0.1) is 0 Å². The van der Waals surface area contributed by atoms with Crippen LogP contribution in [0.3, 0.4) is 0 Å². The summed E-state index contributed by atoms with van der Waals surface area (Å²) in [7, 11) is 4.13. The van der Waals surface area contributed by atoms with E-state index in [1.54, 1.807) is 0 Å². The van der Waals surface area contributed by atoms with Gasteiger partial charge in [0, 0.05) is 52.5 Å². The molecule has 0 amide bonds. The molecule has 0 spiro atoms. The van der Waals surface area contributed by atoms with Gasteiger partial charge >= 0.3 is 0 Å². The lowest BCUT2D eigenvalue weighted by molar-refractivity contribution is -0.707. The first-order valence-corrected chi connectivity index (χ1v) is 13.0. The standard InChI is InChI=1S/C30H29Br2N2/c1-21(2)34-29(18-7-22-5-16-28(17-6-22)33(3)4)19-25(23-8-12-26(31)13-9-23)20-30(34)24-10-14-27(32)15-11-24/h5-21H,1-4H3/q+1. The van der Waals surface area contributed by atoms with Crippen molar-refractivity contribution >= 4 is 49.7 Å². The molecule has 0 aliphatic carbocycles. The fourth-order valence-electron chi connectivity index (χ4n) is 4.05. The number of anilines is 1. The van der Waals surface area contributed by atoms with Crippen LogP contribution in [0.15, 0.2) is 93.9 Å². The summed E-state index contributed by atoms with van der Waals surface area (Å²) < 4.78 is 4.58. The normalized spacial score (nSPS) is 11.4. The monoisotopic (exact) mass is 575 g/mol. The number of pyridine rings is 1. The van der Waals surface area contributed by atoms with Crippen LogP contribution in [0.2, 0.25) is 0 Å². The highest BCUT2D eigenvalue weighted by atomic mass is 79.9. The molecule has 4 rings (SSSR count). The number of hydrogen-bond acceptors (Lipinski definition) is 1. The molecule has 4 heteroatoms. The summed E-state index contributed by atoms with van der Waals surface area (Å²) in [6, 6.07) is 30.6. The Balaban J connectivity index is 1.87. The van der Waals surface area contributed by atoms with Gasteiger partial charge in [-0.3, -0.25) is 0 Å². The molecule has 0 atom stereocenters. The first kappa shape index (κ1) is 24.4. The maximum Gasteiger partial charge on any atom is 0.213 e. The van der Waals surface area contributed by atoms with Crippen LogP contribution in [0.25, 0.3) is 34.5 Å². The van der Waals surface area contributed by atoms with Gasteiger partial charge in [0.2, 0.25) is 11.4 Å². The summed E-state index contributed by atoms with van der Waals surface area (Å²) in [5.74, 6) is 0. The molecule has 0 saturated carbocycles. The lowest BCUT2D eigenvalue weighted by Gasteiger charge is -2.14. The van der Waals surface area contributed by atoms with E-state index in [2.05, 4.69) is 166 Å². The van der Waals surface area contributed by atoms with Gasteiger partial charge in [-0.2, -0.15) is 4.57 Å². The molecular weight excluding hydrogens is 548 g/mol. The lowest BCUT2D eigenvalue weighted by atomic mass is 10.00. The van der Waals surface area contributed by atoms with Gasteiger partial charge in [-0.15, -0.1) is 0 Å². The Morgan fingerprint density at radius 3 is 1.76 bits per heavy atom. The molecule has 0 radical (unpaired) electrons. The Bertz CT molecular complexity index is 1290. The molecule has 4 aromatic rings. The van der Waals surface area contributed by atoms with Crippen molar-refractivity contribution in [2.75, 3.05) is 19.0 Å². The number of hydrogen-bond donors (Lipinski definition) is 0. The predicted molar refractivity (Wildman–Crippen MR) is 153 cm³/mol. The van der Waals surface area contributed by atoms with E-state index < -0.39 is 0 Å². The molecule has 3 aromatic carbocycles. The third kappa shape index (κ3) is 5.68. The van der Waals surface area contributed by atoms with Crippen LogP contribution in [-0.2, 0) is 0 Å². The second-order valence-electron chi connectivity index (χ2n) is 8.85. The smallest absolute Gasteiger partial charge is 0.213 e. The number of nitrogens with zero attached hydrogens (tertiary/aromatic N) is 2. The second-order valence-corrected chi connectivity index (χ2v) is 10.7. The Kier molecular flexibility index (Phi) is 7.70. The quantitative estimate of drug-likeness (QED) is 0.208. The Hall–Kier alpha value is -2.69. The minimum absolute atomic E-state index is 0.299. The highest BCUT2D eigenvalue weighted by molar-refractivity contribution is 9.10. The van der Waals surface area contributed by atoms with Crippen molar-refractivity contribution in [2.45, 2.75) is 19.9 Å². The molecule has 0 bridgehead atoms. The van der Waals surface area contributed by atoms with Crippen molar-refractivity contribution in [3.8, 4) is 22.4 Å². The van der Waals surface area contributed by atoms with E-state index in [4.69, 9.17) is 0 Å². The molecule has 0 aliphatic heterocycles. The maximum absolute atomic E-state index is 3.58. The van der Waals surface area contributed by atoms with Crippen molar-refractivity contribution in [3.05, 3.63) is 105 Å². The zero-order valence-electron chi connectivity index (χ0n) is 20.0. The molecule has 172 valence electrons. The van der Waals surface area contributed by atoms with Crippen molar-refractivity contribution in [2.24, 2.45) is 0 Å². The summed E-state index contributed by atoms with van der Waals surface area (Å²) in [5.41, 5.74) is 8.34. The van der Waals surface area contributed by atoms with Crippen molar-refractivity contribution in [3.63, 3.8) is 0 Å². The van der Waals surface area contributed by atoms with Crippen LogP contribution in [0.4, 0.5) is 5.69 Å². The first-order chi connectivity index (χ1) is 16.3. The molecular formula is C30H29Br2N2+. The summed E-state index contributed by atoms with van der Waals surface area (Å²) in [6.45, 7) is 4.48. The average Bonchev–Trinajstić information content (AvgIpc) is 2.83. The van der Waals surface area contributed by atoms with E-state index in [0.717, 1.165) is 8.95 Å². The topological polar surface area (TPSA) is 7.12 Å². The number of aromatic nitrogens is 1. The largest absolute Gasteiger partial charge is 0.378 e. The van der Waals surface area contributed by atoms with E-state index in [1.165, 1.54) is 39.3 Å². The molecule has 0 saturated heterocycles. The van der Waals surface area contributed by atoms with Crippen molar-refractivity contribution < 1.29 is 4.57 Å². The van der Waals surface area contributed by atoms with Gasteiger partial charge in [-0.05, 0) is 85.1 Å². The summed E-state index contributed by atoms with van der Waals surface area (Å²) in [4.78, 5) is 2.12. The maximum atomic E-state index is 3.58. The van der Waals surface area contributed by atoms with E-state index in [-0.39, 0.29) is 0 Å². The van der Waals surface area contributed by atoms with Crippen LogP contribution < -0.4 is 9.47 Å². The number of benzene rings is 3. The Labute approximate surface area is 219 Å². The van der Waals surface area contributed by atoms with Crippen molar-refractivity contribution in [1.29, 1.82) is 0 Å². The molecule has 0 unspecified atom stereocenters. The molecule has 0 fully saturated rings. The highest BCUT2D eigenvalue weighted by Crippen LogP contribution is 2.29. The first-order valence-electron chi connectivity index (χ1n) is 11.4. The third-order valence-electron chi connectivity index (χ3n) is 5.82. The minimum Gasteiger partial charge on any atom is -0.378 e. The van der Waals surface area contributed by atoms with Crippen LogP contribution in [0.1, 0.15) is 31.1 Å². The molecule has 34 heavy (non-hydrogen) atoms. The summed E-state index contributed by atoms with van der Waals surface area (Å²) in [6.07, 6.45) is 4.43. The molecule has 0 N–H and O–H groups in total. The molecule has 2 nitrogen and oxygen atoms in total. The Morgan fingerprint density at radius 1 is 0.676 bits per heavy atom. The van der Waals surface area contributed by atoms with E-state index in [1.807, 2.05) is 0 Å². The van der Waals surface area contributed by atoms with Crippen LogP contribution in [0.5, 0.6) is 0 Å². The summed E-state index contributed by atoms with van der Waals surface area (Å²) >= 11 is 7.14. The van der Waals surface area contributed by atoms with Gasteiger partial charge in [0.1, 0.15) is 0 Å². The van der Waals surface area contributed by atoms with Gasteiger partial charge in [-0.25, -0.2) is 0 Å². The molecule has 0 aliphatic rings. The van der Waals surface area contributed by atoms with Gasteiger partial charge in [0.15, 0.2) is 6.04 Å². The fourth-order valence-corrected chi connectivity index (χ4v) is 4.58. The van der Waals surface area contributed by atoms with Crippen LogP contribution in [-0.4, -0.2) is 14.1 Å². The van der Waals surface area contributed by atoms with E-state index in [9.17, 15) is 0 Å². The fraction of sp³-hybridized carbons (Fsp3) is 0.167. The lowest BCUT2D eigenvalue weighted by Crippen LogP contribution is -2.41. The SMILES string of the molecule is CC(C)[n+]1c(/C=C/c2ccc(N(C)C)cc2)cc(-c2ccc(Br)cc2)cc1-c1ccc(Br)cc1. The third-order valence-corrected chi connectivity index (χ3v) is 6.88. The zero-order valence-corrected chi connectivity index (χ0v) is 23.1. The average molecular weight is 577 g/mol.